The Morgan fingerprint density at radius 1 is 1.13 bits per heavy atom. The fourth-order valence-corrected chi connectivity index (χ4v) is 6.52. The summed E-state index contributed by atoms with van der Waals surface area (Å²) in [5.41, 5.74) is 4.24. The first-order chi connectivity index (χ1) is 14.0. The Morgan fingerprint density at radius 3 is 2.57 bits per heavy atom. The van der Waals surface area contributed by atoms with Crippen LogP contribution in [0.25, 0.3) is 0 Å². The van der Waals surface area contributed by atoms with Gasteiger partial charge in [0.05, 0.1) is 11.4 Å². The minimum absolute atomic E-state index is 0.227. The lowest BCUT2D eigenvalue weighted by Gasteiger charge is -2.44. The quantitative estimate of drug-likeness (QED) is 0.560. The molecule has 3 nitrogen and oxygen atoms in total. The summed E-state index contributed by atoms with van der Waals surface area (Å²) in [5, 5.41) is 9.60. The second-order valence-corrected chi connectivity index (χ2v) is 12.7. The maximum Gasteiger partial charge on any atom is 0.153 e. The Bertz CT molecular complexity index is 848. The van der Waals surface area contributed by atoms with Crippen LogP contribution in [0.3, 0.4) is 0 Å². The smallest absolute Gasteiger partial charge is 0.153 e. The number of hydrogen-bond acceptors (Lipinski definition) is 3. The van der Waals surface area contributed by atoms with E-state index < -0.39 is 15.1 Å². The zero-order chi connectivity index (χ0) is 22.1. The number of hydrogen-bond donors (Lipinski definition) is 1. The van der Waals surface area contributed by atoms with E-state index in [1.165, 1.54) is 49.5 Å². The lowest BCUT2D eigenvalue weighted by atomic mass is 9.61. The summed E-state index contributed by atoms with van der Waals surface area (Å²) >= 11 is 0. The van der Waals surface area contributed by atoms with Crippen molar-refractivity contribution in [2.45, 2.75) is 83.5 Å². The van der Waals surface area contributed by atoms with Gasteiger partial charge in [-0.3, -0.25) is 0 Å². The molecular weight excluding hydrogens is 392 g/mol. The molecule has 3 fully saturated rings. The molecule has 3 saturated carbocycles. The lowest BCUT2D eigenvalue weighted by molar-refractivity contribution is 0.112. The van der Waals surface area contributed by atoms with Gasteiger partial charge < -0.3 is 5.11 Å². The number of sulfone groups is 1. The van der Waals surface area contributed by atoms with Gasteiger partial charge in [0.2, 0.25) is 0 Å². The van der Waals surface area contributed by atoms with E-state index in [0.29, 0.717) is 17.8 Å². The van der Waals surface area contributed by atoms with Crippen LogP contribution in [0.5, 0.6) is 0 Å². The van der Waals surface area contributed by atoms with E-state index in [2.05, 4.69) is 38.7 Å². The van der Waals surface area contributed by atoms with Gasteiger partial charge in [0, 0.05) is 6.26 Å². The van der Waals surface area contributed by atoms with Gasteiger partial charge in [-0.1, -0.05) is 55.9 Å². The normalized spacial score (nSPS) is 37.6. The van der Waals surface area contributed by atoms with Crippen molar-refractivity contribution >= 4 is 9.84 Å². The summed E-state index contributed by atoms with van der Waals surface area (Å²) in [6.07, 6.45) is 18.2. The van der Waals surface area contributed by atoms with Gasteiger partial charge in [0.1, 0.15) is 0 Å². The number of allylic oxidation sites excluding steroid dienone is 5. The highest BCUT2D eigenvalue weighted by Gasteiger charge is 2.50. The highest BCUT2D eigenvalue weighted by molar-refractivity contribution is 7.91. The molecule has 0 aromatic carbocycles. The van der Waals surface area contributed by atoms with Crippen molar-refractivity contribution in [3.05, 3.63) is 47.6 Å². The summed E-state index contributed by atoms with van der Waals surface area (Å²) in [4.78, 5) is 0. The molecular formula is C26H40O3S. The molecule has 4 heteroatoms. The second kappa shape index (κ2) is 9.16. The molecule has 6 atom stereocenters. The molecule has 3 rings (SSSR count). The third kappa shape index (κ3) is 5.02. The Labute approximate surface area is 184 Å². The largest absolute Gasteiger partial charge is 0.393 e. The molecule has 0 heterocycles. The van der Waals surface area contributed by atoms with Gasteiger partial charge in [-0.2, -0.15) is 0 Å². The fourth-order valence-electron chi connectivity index (χ4n) is 6.15. The van der Waals surface area contributed by atoms with Crippen molar-refractivity contribution < 1.29 is 13.5 Å². The van der Waals surface area contributed by atoms with Crippen molar-refractivity contribution in [3.63, 3.8) is 0 Å². The van der Waals surface area contributed by atoms with Crippen LogP contribution in [0.4, 0.5) is 0 Å². The zero-order valence-electron chi connectivity index (χ0n) is 19.2. The van der Waals surface area contributed by atoms with E-state index in [1.54, 1.807) is 12.5 Å². The molecule has 0 aromatic rings. The Balaban J connectivity index is 1.76. The molecule has 0 spiro atoms. The first-order valence-corrected chi connectivity index (χ1v) is 13.6. The van der Waals surface area contributed by atoms with Crippen molar-refractivity contribution in [2.24, 2.45) is 23.2 Å². The second-order valence-electron chi connectivity index (χ2n) is 10.3. The minimum Gasteiger partial charge on any atom is -0.393 e. The van der Waals surface area contributed by atoms with Crippen LogP contribution < -0.4 is 0 Å². The Hall–Kier alpha value is -1.13. The summed E-state index contributed by atoms with van der Waals surface area (Å²) in [7, 11) is -3.02. The number of fused-ring (bicyclic) bond motifs is 1. The SMILES string of the molecule is C=C1CCC(O)C/C1=C/C=C1\CCC[C@]2(C)C(C(C)/C=C/C(C)S(C)(=O)=O)CC[C@@H]12. The fraction of sp³-hybridized carbons (Fsp3) is 0.692. The molecule has 0 aromatic heterocycles. The van der Waals surface area contributed by atoms with Crippen LogP contribution in [0, 0.1) is 23.2 Å². The summed E-state index contributed by atoms with van der Waals surface area (Å²) < 4.78 is 23.5. The van der Waals surface area contributed by atoms with Crippen LogP contribution in [0.15, 0.2) is 47.6 Å². The van der Waals surface area contributed by atoms with E-state index in [9.17, 15) is 13.5 Å². The Kier molecular flexibility index (Phi) is 7.18. The Morgan fingerprint density at radius 2 is 1.87 bits per heavy atom. The molecule has 30 heavy (non-hydrogen) atoms. The van der Waals surface area contributed by atoms with E-state index in [4.69, 9.17) is 0 Å². The van der Waals surface area contributed by atoms with Crippen LogP contribution in [0.2, 0.25) is 0 Å². The molecule has 0 radical (unpaired) electrons. The van der Waals surface area contributed by atoms with E-state index in [1.807, 2.05) is 6.08 Å². The molecule has 168 valence electrons. The molecule has 0 bridgehead atoms. The number of aliphatic hydroxyl groups excluding tert-OH is 1. The van der Waals surface area contributed by atoms with Gasteiger partial charge in [-0.25, -0.2) is 8.42 Å². The highest BCUT2D eigenvalue weighted by Crippen LogP contribution is 2.59. The van der Waals surface area contributed by atoms with Gasteiger partial charge in [-0.15, -0.1) is 0 Å². The van der Waals surface area contributed by atoms with Gasteiger partial charge in [0.25, 0.3) is 0 Å². The molecule has 1 N–H and O–H groups in total. The van der Waals surface area contributed by atoms with E-state index in [0.717, 1.165) is 19.3 Å². The molecule has 0 amide bonds. The van der Waals surface area contributed by atoms with Crippen molar-refractivity contribution in [1.29, 1.82) is 0 Å². The maximum atomic E-state index is 11.8. The van der Waals surface area contributed by atoms with Crippen LogP contribution in [-0.4, -0.2) is 31.1 Å². The topological polar surface area (TPSA) is 54.4 Å². The van der Waals surface area contributed by atoms with Crippen LogP contribution in [0.1, 0.15) is 72.1 Å². The first kappa shape index (κ1) is 23.5. The summed E-state index contributed by atoms with van der Waals surface area (Å²) in [6.45, 7) is 10.7. The number of aliphatic hydroxyl groups is 1. The lowest BCUT2D eigenvalue weighted by Crippen LogP contribution is -2.35. The molecule has 3 aliphatic carbocycles. The third-order valence-electron chi connectivity index (χ3n) is 8.22. The highest BCUT2D eigenvalue weighted by atomic mass is 32.2. The van der Waals surface area contributed by atoms with Gasteiger partial charge in [0.15, 0.2) is 9.84 Å². The maximum absolute atomic E-state index is 11.8. The van der Waals surface area contributed by atoms with Crippen LogP contribution >= 0.6 is 0 Å². The molecule has 0 saturated heterocycles. The minimum atomic E-state index is -3.02. The predicted molar refractivity (Wildman–Crippen MR) is 126 cm³/mol. The molecule has 0 aliphatic heterocycles. The monoisotopic (exact) mass is 432 g/mol. The van der Waals surface area contributed by atoms with Crippen molar-refractivity contribution in [2.75, 3.05) is 6.26 Å². The standard InChI is InChI=1S/C26H40O3S/c1-18-9-13-23(27)17-22(18)12-11-21-7-6-16-26(4)24(14-15-25(21)26)19(2)8-10-20(3)30(5,28)29/h8,10-12,19-20,23-25,27H,1,6-7,9,13-17H2,2-5H3/b10-8+,21-11+,22-12-/t19?,20?,23?,24?,25-,26+/m0/s1. The number of rotatable bonds is 5. The van der Waals surface area contributed by atoms with E-state index in [-0.39, 0.29) is 11.5 Å². The van der Waals surface area contributed by atoms with Gasteiger partial charge in [-0.05, 0) is 87.0 Å². The third-order valence-corrected chi connectivity index (χ3v) is 9.73. The average Bonchev–Trinajstić information content (AvgIpc) is 3.03. The average molecular weight is 433 g/mol. The van der Waals surface area contributed by atoms with Gasteiger partial charge >= 0.3 is 0 Å². The summed E-state index contributed by atoms with van der Waals surface area (Å²) in [5.74, 6) is 1.58. The van der Waals surface area contributed by atoms with E-state index >= 15 is 0 Å². The van der Waals surface area contributed by atoms with Crippen molar-refractivity contribution in [1.82, 2.24) is 0 Å². The predicted octanol–water partition coefficient (Wildman–Crippen LogP) is 5.78. The van der Waals surface area contributed by atoms with Crippen LogP contribution in [-0.2, 0) is 9.84 Å². The molecule has 4 unspecified atom stereocenters. The summed E-state index contributed by atoms with van der Waals surface area (Å²) in [6, 6.07) is 0. The zero-order valence-corrected chi connectivity index (χ0v) is 20.0. The molecule has 3 aliphatic rings. The first-order valence-electron chi connectivity index (χ1n) is 11.7. The van der Waals surface area contributed by atoms with Crippen molar-refractivity contribution in [3.8, 4) is 0 Å².